The van der Waals surface area contributed by atoms with Gasteiger partial charge in [0, 0.05) is 42.6 Å². The topological polar surface area (TPSA) is 3.24 Å². The fourth-order valence-electron chi connectivity index (χ4n) is 10.6. The largest absolute Gasteiger partial charge is 0.310 e. The summed E-state index contributed by atoms with van der Waals surface area (Å²) >= 11 is 1.87. The van der Waals surface area contributed by atoms with E-state index in [-0.39, 0.29) is 5.41 Å². The molecule has 10 aromatic rings. The minimum atomic E-state index is -0.418. The summed E-state index contributed by atoms with van der Waals surface area (Å²) in [6.07, 6.45) is 0. The maximum Gasteiger partial charge on any atom is 0.0719 e. The Kier molecular flexibility index (Phi) is 7.73. The first-order chi connectivity index (χ1) is 29.5. The Morgan fingerprint density at radius 3 is 1.50 bits per heavy atom. The molecule has 9 aromatic carbocycles. The minimum absolute atomic E-state index is 0.126. The summed E-state index contributed by atoms with van der Waals surface area (Å²) in [5.41, 5.74) is 18.7. The highest BCUT2D eigenvalue weighted by Gasteiger charge is 2.53. The van der Waals surface area contributed by atoms with Crippen LogP contribution in [0.4, 0.5) is 17.1 Å². The van der Waals surface area contributed by atoms with E-state index in [9.17, 15) is 0 Å². The summed E-state index contributed by atoms with van der Waals surface area (Å²) in [4.78, 5) is 2.38. The molecular weight excluding hydrogens is 743 g/mol. The van der Waals surface area contributed by atoms with Crippen LogP contribution in [0.5, 0.6) is 0 Å². The number of hydrogen-bond acceptors (Lipinski definition) is 2. The van der Waals surface area contributed by atoms with Crippen LogP contribution in [0.1, 0.15) is 47.2 Å². The SMILES string of the molecule is CC1(C)c2ccccc2C2(c3ccccc3-c3ccc(-c4ccc5sc6ccc(N(c7ccccc7)c7ccc(-c8ccccc8)cc7)cc6c5c4)cc32)c2ccccc21. The molecule has 2 aliphatic carbocycles. The Labute approximate surface area is 355 Å². The highest BCUT2D eigenvalue weighted by molar-refractivity contribution is 7.25. The highest BCUT2D eigenvalue weighted by atomic mass is 32.1. The van der Waals surface area contributed by atoms with Gasteiger partial charge in [-0.05, 0) is 127 Å². The molecule has 1 aromatic heterocycles. The Balaban J connectivity index is 1.01. The van der Waals surface area contributed by atoms with Crippen molar-refractivity contribution in [2.75, 3.05) is 4.90 Å². The van der Waals surface area contributed by atoms with E-state index in [4.69, 9.17) is 0 Å². The summed E-state index contributed by atoms with van der Waals surface area (Å²) in [7, 11) is 0. The van der Waals surface area contributed by atoms with E-state index < -0.39 is 5.41 Å². The van der Waals surface area contributed by atoms with Gasteiger partial charge in [0.05, 0.1) is 5.41 Å². The van der Waals surface area contributed by atoms with Crippen LogP contribution in [0.15, 0.2) is 212 Å². The Bertz CT molecular complexity index is 3230. The van der Waals surface area contributed by atoms with Gasteiger partial charge in [-0.1, -0.05) is 166 Å². The normalized spacial score (nSPS) is 14.1. The van der Waals surface area contributed by atoms with Crippen LogP contribution in [0.25, 0.3) is 53.6 Å². The van der Waals surface area contributed by atoms with Crippen molar-refractivity contribution in [2.24, 2.45) is 0 Å². The third kappa shape index (κ3) is 5.04. The Morgan fingerprint density at radius 1 is 0.333 bits per heavy atom. The Hall–Kier alpha value is -7.00. The van der Waals surface area contributed by atoms with E-state index in [2.05, 4.69) is 231 Å². The zero-order valence-electron chi connectivity index (χ0n) is 33.6. The van der Waals surface area contributed by atoms with E-state index in [0.717, 1.165) is 17.1 Å². The monoisotopic (exact) mass is 783 g/mol. The number of nitrogens with zero attached hydrogens (tertiary/aromatic N) is 1. The Morgan fingerprint density at radius 2 is 0.800 bits per heavy atom. The third-order valence-electron chi connectivity index (χ3n) is 13.3. The van der Waals surface area contributed by atoms with Crippen molar-refractivity contribution < 1.29 is 0 Å². The van der Waals surface area contributed by atoms with Crippen molar-refractivity contribution >= 4 is 48.6 Å². The lowest BCUT2D eigenvalue weighted by molar-refractivity contribution is 0.563. The van der Waals surface area contributed by atoms with E-state index in [0.29, 0.717) is 0 Å². The molecule has 12 rings (SSSR count). The fraction of sp³-hybridized carbons (Fsp3) is 0.0690. The smallest absolute Gasteiger partial charge is 0.0719 e. The minimum Gasteiger partial charge on any atom is -0.310 e. The van der Waals surface area contributed by atoms with E-state index in [1.165, 1.54) is 86.9 Å². The molecule has 0 amide bonds. The van der Waals surface area contributed by atoms with Gasteiger partial charge in [-0.3, -0.25) is 0 Å². The molecule has 284 valence electrons. The summed E-state index contributed by atoms with van der Waals surface area (Å²) in [5, 5.41) is 2.56. The summed E-state index contributed by atoms with van der Waals surface area (Å²) in [6, 6.07) is 79.1. The summed E-state index contributed by atoms with van der Waals surface area (Å²) in [5.74, 6) is 0. The van der Waals surface area contributed by atoms with Crippen molar-refractivity contribution in [3.05, 3.63) is 246 Å². The van der Waals surface area contributed by atoms with Crippen LogP contribution >= 0.6 is 11.3 Å². The first kappa shape index (κ1) is 35.0. The van der Waals surface area contributed by atoms with Gasteiger partial charge in [-0.2, -0.15) is 0 Å². The maximum absolute atomic E-state index is 2.51. The second-order valence-electron chi connectivity index (χ2n) is 16.8. The number of para-hydroxylation sites is 1. The zero-order chi connectivity index (χ0) is 40.0. The summed E-state index contributed by atoms with van der Waals surface area (Å²) < 4.78 is 2.59. The number of anilines is 3. The second-order valence-corrected chi connectivity index (χ2v) is 17.9. The van der Waals surface area contributed by atoms with Crippen LogP contribution in [-0.2, 0) is 10.8 Å². The number of thiophene rings is 1. The molecular formula is C58H41NS. The zero-order valence-corrected chi connectivity index (χ0v) is 34.4. The molecule has 0 radical (unpaired) electrons. The lowest BCUT2D eigenvalue weighted by atomic mass is 9.55. The predicted molar refractivity (Wildman–Crippen MR) is 254 cm³/mol. The number of hydrogen-bond donors (Lipinski definition) is 0. The molecule has 0 N–H and O–H groups in total. The number of benzene rings is 9. The van der Waals surface area contributed by atoms with Crippen molar-refractivity contribution in [3.8, 4) is 33.4 Å². The van der Waals surface area contributed by atoms with Gasteiger partial charge in [0.1, 0.15) is 0 Å². The molecule has 0 unspecified atom stereocenters. The van der Waals surface area contributed by atoms with E-state index >= 15 is 0 Å². The molecule has 1 heterocycles. The first-order valence-electron chi connectivity index (χ1n) is 20.9. The molecule has 0 atom stereocenters. The maximum atomic E-state index is 2.51. The lowest BCUT2D eigenvalue weighted by Crippen LogP contribution is -2.40. The molecule has 2 aliphatic rings. The first-order valence-corrected chi connectivity index (χ1v) is 21.7. The van der Waals surface area contributed by atoms with Gasteiger partial charge in [-0.15, -0.1) is 11.3 Å². The van der Waals surface area contributed by atoms with Crippen molar-refractivity contribution in [1.29, 1.82) is 0 Å². The number of fused-ring (bicyclic) bond motifs is 12. The van der Waals surface area contributed by atoms with Crippen LogP contribution in [0.3, 0.4) is 0 Å². The van der Waals surface area contributed by atoms with Gasteiger partial charge < -0.3 is 4.90 Å². The van der Waals surface area contributed by atoms with Crippen LogP contribution < -0.4 is 4.90 Å². The lowest BCUT2D eigenvalue weighted by Gasteiger charge is -2.46. The molecule has 0 aliphatic heterocycles. The predicted octanol–water partition coefficient (Wildman–Crippen LogP) is 15.9. The molecule has 0 fully saturated rings. The number of rotatable bonds is 5. The van der Waals surface area contributed by atoms with Gasteiger partial charge in [0.2, 0.25) is 0 Å². The molecule has 0 bridgehead atoms. The molecule has 60 heavy (non-hydrogen) atoms. The average molecular weight is 784 g/mol. The molecule has 1 spiro atoms. The van der Waals surface area contributed by atoms with Crippen LogP contribution in [0.2, 0.25) is 0 Å². The quantitative estimate of drug-likeness (QED) is 0.168. The van der Waals surface area contributed by atoms with Gasteiger partial charge in [0.25, 0.3) is 0 Å². The average Bonchev–Trinajstić information content (AvgIpc) is 3.82. The molecule has 0 saturated carbocycles. The standard InChI is InChI=1S/C58H41NS/c1-57(2)50-21-11-13-23-52(50)58(53-24-14-12-22-51(53)57)49-20-10-9-19-45(49)46-32-27-41(36-54(46)58)40-28-33-55-47(35-40)48-37-44(31-34-56(48)60-55)59(42-17-7-4-8-18-42)43-29-25-39(26-30-43)38-15-5-3-6-16-38/h3-37H,1-2H3. The molecule has 2 heteroatoms. The van der Waals surface area contributed by atoms with Gasteiger partial charge in [0.15, 0.2) is 0 Å². The highest BCUT2D eigenvalue weighted by Crippen LogP contribution is 2.62. The third-order valence-corrected chi connectivity index (χ3v) is 14.5. The van der Waals surface area contributed by atoms with Gasteiger partial charge >= 0.3 is 0 Å². The van der Waals surface area contributed by atoms with E-state index in [1.807, 2.05) is 11.3 Å². The van der Waals surface area contributed by atoms with Gasteiger partial charge in [-0.25, -0.2) is 0 Å². The molecule has 0 saturated heterocycles. The van der Waals surface area contributed by atoms with Crippen LogP contribution in [0, 0.1) is 0 Å². The molecule has 1 nitrogen and oxygen atoms in total. The van der Waals surface area contributed by atoms with Crippen molar-refractivity contribution in [3.63, 3.8) is 0 Å². The second kappa shape index (κ2) is 13.3. The summed E-state index contributed by atoms with van der Waals surface area (Å²) in [6.45, 7) is 4.78. The van der Waals surface area contributed by atoms with Crippen molar-refractivity contribution in [1.82, 2.24) is 0 Å². The fourth-order valence-corrected chi connectivity index (χ4v) is 11.6. The van der Waals surface area contributed by atoms with Crippen molar-refractivity contribution in [2.45, 2.75) is 24.7 Å². The van der Waals surface area contributed by atoms with Crippen LogP contribution in [-0.4, -0.2) is 0 Å². The van der Waals surface area contributed by atoms with E-state index in [1.54, 1.807) is 0 Å².